The smallest absolute Gasteiger partial charge is 0.340 e. The van der Waals surface area contributed by atoms with Gasteiger partial charge in [0.05, 0.1) is 5.75 Å². The second-order valence-corrected chi connectivity index (χ2v) is 12.7. The van der Waals surface area contributed by atoms with Crippen molar-refractivity contribution in [2.24, 2.45) is 0 Å². The van der Waals surface area contributed by atoms with Crippen molar-refractivity contribution in [1.82, 2.24) is 25.0 Å². The number of hydrogen-bond acceptors (Lipinski definition) is 11. The summed E-state index contributed by atoms with van der Waals surface area (Å²) in [6, 6.07) is 7.08. The zero-order valence-corrected chi connectivity index (χ0v) is 20.7. The topological polar surface area (TPSA) is 210 Å². The number of fused-ring (bicyclic) bond motifs is 1. The summed E-state index contributed by atoms with van der Waals surface area (Å²) >= 11 is 12.0. The van der Waals surface area contributed by atoms with E-state index in [0.29, 0.717) is 11.6 Å². The van der Waals surface area contributed by atoms with Gasteiger partial charge in [-0.15, -0.1) is 5.10 Å². The SMILES string of the molecule is O=P(O)(O)CS(=O)(=O)C[C@H]1O[C@@H](n2nnc3c(NCc4cccc(Cl)c4)nc(Cl)nc32)[C@H](O)[C@@H]1O. The molecule has 0 bridgehead atoms. The first-order chi connectivity index (χ1) is 16.3. The molecular formula is C17H19Cl2N6O8PS. The molecule has 3 aromatic rings. The highest BCUT2D eigenvalue weighted by Crippen LogP contribution is 2.38. The molecule has 1 aliphatic rings. The van der Waals surface area contributed by atoms with Crippen LogP contribution in [0, 0.1) is 0 Å². The monoisotopic (exact) mass is 568 g/mol. The first-order valence-corrected chi connectivity index (χ1v) is 14.2. The van der Waals surface area contributed by atoms with Gasteiger partial charge in [-0.1, -0.05) is 28.9 Å². The Kier molecular flexibility index (Phi) is 7.35. The van der Waals surface area contributed by atoms with Crippen molar-refractivity contribution >= 4 is 57.6 Å². The number of ether oxygens (including phenoxy) is 1. The number of anilines is 1. The lowest BCUT2D eigenvalue weighted by atomic mass is 10.1. The minimum Gasteiger partial charge on any atom is -0.387 e. The second kappa shape index (κ2) is 9.84. The van der Waals surface area contributed by atoms with E-state index in [2.05, 4.69) is 25.6 Å². The molecule has 35 heavy (non-hydrogen) atoms. The average Bonchev–Trinajstić information content (AvgIpc) is 3.26. The summed E-state index contributed by atoms with van der Waals surface area (Å²) in [6.07, 6.45) is -6.28. The van der Waals surface area contributed by atoms with Gasteiger partial charge in [-0.3, -0.25) is 4.57 Å². The number of nitrogens with zero attached hydrogens (tertiary/aromatic N) is 5. The molecule has 0 radical (unpaired) electrons. The highest BCUT2D eigenvalue weighted by molar-refractivity contribution is 7.97. The maximum absolute atomic E-state index is 12.1. The summed E-state index contributed by atoms with van der Waals surface area (Å²) in [5.74, 6) is -0.734. The Bertz CT molecular complexity index is 1400. The molecule has 1 aliphatic heterocycles. The zero-order chi connectivity index (χ0) is 25.5. The lowest BCUT2D eigenvalue weighted by Gasteiger charge is -2.15. The van der Waals surface area contributed by atoms with Gasteiger partial charge in [0, 0.05) is 11.6 Å². The Morgan fingerprint density at radius 2 is 1.91 bits per heavy atom. The highest BCUT2D eigenvalue weighted by atomic mass is 35.5. The number of rotatable bonds is 8. The summed E-state index contributed by atoms with van der Waals surface area (Å²) in [5.41, 5.74) is -0.415. The predicted molar refractivity (Wildman–Crippen MR) is 124 cm³/mol. The molecule has 0 spiro atoms. The number of aliphatic hydroxyl groups excluding tert-OH is 2. The molecule has 0 amide bonds. The van der Waals surface area contributed by atoms with Crippen molar-refractivity contribution in [3.63, 3.8) is 0 Å². The third kappa shape index (κ3) is 6.07. The molecule has 4 rings (SSSR count). The molecule has 1 saturated heterocycles. The summed E-state index contributed by atoms with van der Waals surface area (Å²) in [7, 11) is -9.21. The van der Waals surface area contributed by atoms with Crippen molar-refractivity contribution in [1.29, 1.82) is 0 Å². The number of halogens is 2. The largest absolute Gasteiger partial charge is 0.387 e. The Balaban J connectivity index is 1.58. The Hall–Kier alpha value is -1.94. The van der Waals surface area contributed by atoms with Crippen molar-refractivity contribution < 1.29 is 37.7 Å². The molecule has 0 saturated carbocycles. The molecule has 3 heterocycles. The first kappa shape index (κ1) is 26.1. The van der Waals surface area contributed by atoms with Gasteiger partial charge in [-0.05, 0) is 29.3 Å². The fourth-order valence-electron chi connectivity index (χ4n) is 3.56. The molecule has 1 fully saturated rings. The van der Waals surface area contributed by atoms with E-state index in [0.717, 1.165) is 10.2 Å². The van der Waals surface area contributed by atoms with Crippen molar-refractivity contribution in [2.75, 3.05) is 16.6 Å². The van der Waals surface area contributed by atoms with Gasteiger partial charge in [0.1, 0.15) is 18.3 Å². The number of aromatic nitrogens is 5. The molecule has 18 heteroatoms. The van der Waals surface area contributed by atoms with Crippen molar-refractivity contribution in [3.8, 4) is 0 Å². The van der Waals surface area contributed by atoms with Crippen LogP contribution >= 0.6 is 30.8 Å². The third-order valence-electron chi connectivity index (χ3n) is 5.01. The van der Waals surface area contributed by atoms with Crippen molar-refractivity contribution in [2.45, 2.75) is 31.1 Å². The van der Waals surface area contributed by atoms with Crippen LogP contribution in [0.2, 0.25) is 10.3 Å². The van der Waals surface area contributed by atoms with E-state index < -0.39 is 53.2 Å². The molecule has 190 valence electrons. The minimum absolute atomic E-state index is 0.0218. The quantitative estimate of drug-likeness (QED) is 0.183. The van der Waals surface area contributed by atoms with Gasteiger partial charge < -0.3 is 30.1 Å². The zero-order valence-electron chi connectivity index (χ0n) is 17.5. The summed E-state index contributed by atoms with van der Waals surface area (Å²) in [4.78, 5) is 26.1. The van der Waals surface area contributed by atoms with E-state index in [9.17, 15) is 23.2 Å². The molecule has 5 N–H and O–H groups in total. The first-order valence-electron chi connectivity index (χ1n) is 9.86. The van der Waals surface area contributed by atoms with E-state index in [4.69, 9.17) is 37.7 Å². The molecule has 0 aliphatic carbocycles. The van der Waals surface area contributed by atoms with E-state index in [1.807, 2.05) is 6.07 Å². The van der Waals surface area contributed by atoms with Crippen LogP contribution in [-0.4, -0.2) is 82.9 Å². The minimum atomic E-state index is -4.88. The summed E-state index contributed by atoms with van der Waals surface area (Å²) in [5, 5.41) is 32.1. The molecule has 0 unspecified atom stereocenters. The van der Waals surface area contributed by atoms with Crippen LogP contribution in [-0.2, 0) is 25.7 Å². The number of benzene rings is 1. The predicted octanol–water partition coefficient (Wildman–Crippen LogP) is 0.309. The van der Waals surface area contributed by atoms with E-state index in [1.165, 1.54) is 0 Å². The van der Waals surface area contributed by atoms with E-state index in [1.54, 1.807) is 18.2 Å². The van der Waals surface area contributed by atoms with Crippen LogP contribution in [0.15, 0.2) is 24.3 Å². The van der Waals surface area contributed by atoms with E-state index in [-0.39, 0.29) is 22.3 Å². The van der Waals surface area contributed by atoms with Gasteiger partial charge in [-0.25, -0.2) is 8.42 Å². The maximum Gasteiger partial charge on any atom is 0.340 e. The number of aliphatic hydroxyl groups is 2. The van der Waals surface area contributed by atoms with Crippen LogP contribution < -0.4 is 5.32 Å². The summed E-state index contributed by atoms with van der Waals surface area (Å²) in [6.45, 7) is 0.302. The van der Waals surface area contributed by atoms with Crippen LogP contribution in [0.5, 0.6) is 0 Å². The molecule has 2 aromatic heterocycles. The molecule has 4 atom stereocenters. The van der Waals surface area contributed by atoms with Gasteiger partial charge in [0.2, 0.25) is 5.28 Å². The molecule has 14 nitrogen and oxygen atoms in total. The normalized spacial score (nSPS) is 23.1. The maximum atomic E-state index is 12.1. The standard InChI is InChI=1S/C17H19Cl2N6O8PS/c18-9-3-1-2-8(4-9)5-20-14-11-15(22-17(19)21-14)25(24-23-11)16-13(27)12(26)10(33-16)6-35(31,32)7-34(28,29)30/h1-4,10,12-13,16,26-27H,5-7H2,(H,20,21,22)(H2,28,29,30)/t10-,12-,13-,16-/m1/s1. The van der Waals surface area contributed by atoms with Crippen LogP contribution in [0.1, 0.15) is 11.8 Å². The number of hydrogen-bond donors (Lipinski definition) is 5. The van der Waals surface area contributed by atoms with Crippen LogP contribution in [0.25, 0.3) is 11.2 Å². The lowest BCUT2D eigenvalue weighted by molar-refractivity contribution is -0.0375. The average molecular weight is 569 g/mol. The van der Waals surface area contributed by atoms with Crippen LogP contribution in [0.3, 0.4) is 0 Å². The highest BCUT2D eigenvalue weighted by Gasteiger charge is 2.47. The van der Waals surface area contributed by atoms with Crippen LogP contribution in [0.4, 0.5) is 5.82 Å². The Labute approximate surface area is 207 Å². The fraction of sp³-hybridized carbons (Fsp3) is 0.412. The van der Waals surface area contributed by atoms with E-state index >= 15 is 0 Å². The number of sulfone groups is 1. The van der Waals surface area contributed by atoms with Gasteiger partial charge in [-0.2, -0.15) is 14.6 Å². The molecular weight excluding hydrogens is 550 g/mol. The summed E-state index contributed by atoms with van der Waals surface area (Å²) < 4.78 is 41.8. The van der Waals surface area contributed by atoms with Gasteiger partial charge >= 0.3 is 7.60 Å². The third-order valence-corrected chi connectivity index (χ3v) is 9.17. The molecule has 1 aromatic carbocycles. The lowest BCUT2D eigenvalue weighted by Crippen LogP contribution is -2.36. The Morgan fingerprint density at radius 1 is 1.17 bits per heavy atom. The fourth-order valence-corrected chi connectivity index (χ4v) is 7.18. The Morgan fingerprint density at radius 3 is 2.60 bits per heavy atom. The number of nitrogens with one attached hydrogen (secondary N) is 1. The van der Waals surface area contributed by atoms with Gasteiger partial charge in [0.25, 0.3) is 0 Å². The van der Waals surface area contributed by atoms with Crippen molar-refractivity contribution in [3.05, 3.63) is 40.1 Å². The van der Waals surface area contributed by atoms with Gasteiger partial charge in [0.15, 0.2) is 38.5 Å². The second-order valence-electron chi connectivity index (χ2n) is 7.78.